The quantitative estimate of drug-likeness (QED) is 0.661. The van der Waals surface area contributed by atoms with E-state index in [0.717, 1.165) is 14.9 Å². The van der Waals surface area contributed by atoms with E-state index in [1.165, 1.54) is 27.4 Å². The van der Waals surface area contributed by atoms with Gasteiger partial charge in [0.2, 0.25) is 25.9 Å². The van der Waals surface area contributed by atoms with Crippen LogP contribution in [0, 0.1) is 0 Å². The molecule has 22 heavy (non-hydrogen) atoms. The van der Waals surface area contributed by atoms with Crippen molar-refractivity contribution < 1.29 is 21.6 Å². The van der Waals surface area contributed by atoms with Gasteiger partial charge in [-0.3, -0.25) is 4.31 Å². The van der Waals surface area contributed by atoms with Crippen LogP contribution in [0.4, 0.5) is 5.69 Å². The van der Waals surface area contributed by atoms with Crippen molar-refractivity contribution in [1.29, 1.82) is 0 Å². The van der Waals surface area contributed by atoms with Gasteiger partial charge in [0.15, 0.2) is 0 Å². The smallest absolute Gasteiger partial charge is 0.232 e. The van der Waals surface area contributed by atoms with Gasteiger partial charge < -0.3 is 4.74 Å². The van der Waals surface area contributed by atoms with E-state index in [1.54, 1.807) is 12.1 Å². The van der Waals surface area contributed by atoms with Gasteiger partial charge in [0.25, 0.3) is 0 Å². The number of ether oxygens (including phenoxy) is 1. The Morgan fingerprint density at radius 2 is 1.82 bits per heavy atom. The first-order valence-electron chi connectivity index (χ1n) is 6.46. The van der Waals surface area contributed by atoms with Gasteiger partial charge in [-0.05, 0) is 12.5 Å². The summed E-state index contributed by atoms with van der Waals surface area (Å²) < 4.78 is 54.4. The molecule has 0 spiro atoms. The highest BCUT2D eigenvalue weighted by Gasteiger charge is 2.20. The summed E-state index contributed by atoms with van der Waals surface area (Å²) in [5.74, 6) is 0.239. The van der Waals surface area contributed by atoms with E-state index in [1.807, 2.05) is 0 Å². The van der Waals surface area contributed by atoms with Crippen LogP contribution in [-0.4, -0.2) is 65.9 Å². The molecule has 0 amide bonds. The summed E-state index contributed by atoms with van der Waals surface area (Å²) in [5.41, 5.74) is 0.366. The second-order valence-electron chi connectivity index (χ2n) is 4.85. The molecule has 1 heterocycles. The molecule has 0 aliphatic heterocycles. The zero-order valence-corrected chi connectivity index (χ0v) is 14.7. The molecule has 0 aliphatic rings. The summed E-state index contributed by atoms with van der Waals surface area (Å²) >= 11 is 0. The number of nitrogens with zero attached hydrogens (tertiary/aromatic N) is 3. The molecule has 0 aliphatic carbocycles. The van der Waals surface area contributed by atoms with Crippen LogP contribution in [-0.2, 0) is 20.0 Å². The zero-order chi connectivity index (χ0) is 17.0. The summed E-state index contributed by atoms with van der Waals surface area (Å²) in [6, 6.07) is 3.11. The van der Waals surface area contributed by atoms with Crippen LogP contribution in [0.25, 0.3) is 0 Å². The third-order valence-electron chi connectivity index (χ3n) is 2.94. The molecule has 0 bridgehead atoms. The van der Waals surface area contributed by atoms with Crippen molar-refractivity contribution in [1.82, 2.24) is 9.29 Å². The third kappa shape index (κ3) is 5.11. The molecule has 0 saturated heterocycles. The Morgan fingerprint density at radius 3 is 2.23 bits per heavy atom. The largest absolute Gasteiger partial charge is 0.481 e. The molecule has 0 saturated carbocycles. The highest BCUT2D eigenvalue weighted by Crippen LogP contribution is 2.19. The first-order chi connectivity index (χ1) is 10.1. The fraction of sp³-hybridized carbons (Fsp3) is 0.583. The average Bonchev–Trinajstić information content (AvgIpc) is 2.42. The summed E-state index contributed by atoms with van der Waals surface area (Å²) in [6.45, 7) is 0.0555. The minimum atomic E-state index is -3.53. The number of methoxy groups -OCH3 is 1. The molecule has 0 radical (unpaired) electrons. The molecule has 126 valence electrons. The van der Waals surface area contributed by atoms with Gasteiger partial charge in [-0.1, -0.05) is 0 Å². The van der Waals surface area contributed by atoms with E-state index in [9.17, 15) is 16.8 Å². The highest BCUT2D eigenvalue weighted by atomic mass is 32.2. The maximum atomic E-state index is 11.9. The predicted molar refractivity (Wildman–Crippen MR) is 85.1 cm³/mol. The van der Waals surface area contributed by atoms with Crippen molar-refractivity contribution in [2.75, 3.05) is 44.1 Å². The first-order valence-corrected chi connectivity index (χ1v) is 9.91. The monoisotopic (exact) mass is 351 g/mol. The number of pyridine rings is 1. The van der Waals surface area contributed by atoms with Crippen molar-refractivity contribution in [3.8, 4) is 5.88 Å². The van der Waals surface area contributed by atoms with Gasteiger partial charge in [0, 0.05) is 26.7 Å². The standard InChI is InChI=1S/C12H21N3O5S2/c1-14(2)22(18,19)9-5-8-15(21(4,16)17)11-6-7-12(20-3)13-10-11/h6-7,10H,5,8-9H2,1-4H3. The highest BCUT2D eigenvalue weighted by molar-refractivity contribution is 7.92. The van der Waals surface area contributed by atoms with Gasteiger partial charge in [-0.2, -0.15) is 0 Å². The molecular weight excluding hydrogens is 330 g/mol. The Hall–Kier alpha value is -1.39. The van der Waals surface area contributed by atoms with E-state index in [2.05, 4.69) is 4.98 Å². The van der Waals surface area contributed by atoms with E-state index in [-0.39, 0.29) is 18.7 Å². The average molecular weight is 351 g/mol. The number of sulfonamides is 2. The van der Waals surface area contributed by atoms with Crippen molar-refractivity contribution in [3.63, 3.8) is 0 Å². The molecule has 0 fully saturated rings. The topological polar surface area (TPSA) is 96.9 Å². The SMILES string of the molecule is COc1ccc(N(CCCS(=O)(=O)N(C)C)S(C)(=O)=O)cn1. The van der Waals surface area contributed by atoms with Crippen molar-refractivity contribution in [2.24, 2.45) is 0 Å². The van der Waals surface area contributed by atoms with Crippen LogP contribution >= 0.6 is 0 Å². The molecule has 1 aromatic heterocycles. The number of hydrogen-bond acceptors (Lipinski definition) is 6. The first kappa shape index (κ1) is 18.7. The molecular formula is C12H21N3O5S2. The lowest BCUT2D eigenvalue weighted by Gasteiger charge is -2.22. The number of aromatic nitrogens is 1. The molecule has 0 aromatic carbocycles. The molecule has 8 nitrogen and oxygen atoms in total. The van der Waals surface area contributed by atoms with Crippen LogP contribution in [0.5, 0.6) is 5.88 Å². The molecule has 0 atom stereocenters. The van der Waals surface area contributed by atoms with Crippen LogP contribution in [0.1, 0.15) is 6.42 Å². The summed E-state index contributed by atoms with van der Waals surface area (Å²) in [5, 5.41) is 0. The second-order valence-corrected chi connectivity index (χ2v) is 9.06. The predicted octanol–water partition coefficient (Wildman–Crippen LogP) is 0.138. The van der Waals surface area contributed by atoms with E-state index in [0.29, 0.717) is 11.6 Å². The minimum absolute atomic E-state index is 0.0555. The zero-order valence-electron chi connectivity index (χ0n) is 13.1. The summed E-state index contributed by atoms with van der Waals surface area (Å²) in [7, 11) is -2.54. The number of hydrogen-bond donors (Lipinski definition) is 0. The minimum Gasteiger partial charge on any atom is -0.481 e. The van der Waals surface area contributed by atoms with Gasteiger partial charge >= 0.3 is 0 Å². The summed E-state index contributed by atoms with van der Waals surface area (Å²) in [6.07, 6.45) is 2.62. The van der Waals surface area contributed by atoms with Gasteiger partial charge in [-0.15, -0.1) is 0 Å². The Morgan fingerprint density at radius 1 is 1.18 bits per heavy atom. The normalized spacial score (nSPS) is 12.4. The molecule has 0 unspecified atom stereocenters. The van der Waals surface area contributed by atoms with Crippen LogP contribution in [0.15, 0.2) is 18.3 Å². The van der Waals surface area contributed by atoms with Crippen molar-refractivity contribution in [3.05, 3.63) is 18.3 Å². The Balaban J connectivity index is 2.87. The van der Waals surface area contributed by atoms with Crippen LogP contribution < -0.4 is 9.04 Å². The fourth-order valence-electron chi connectivity index (χ4n) is 1.70. The molecule has 1 rings (SSSR count). The van der Waals surface area contributed by atoms with Crippen molar-refractivity contribution >= 4 is 25.7 Å². The lowest BCUT2D eigenvalue weighted by molar-refractivity contribution is 0.398. The Kier molecular flexibility index (Phi) is 6.15. The molecule has 10 heteroatoms. The number of anilines is 1. The van der Waals surface area contributed by atoms with Gasteiger partial charge in [0.05, 0.1) is 31.0 Å². The van der Waals surface area contributed by atoms with E-state index >= 15 is 0 Å². The maximum Gasteiger partial charge on any atom is 0.232 e. The molecule has 1 aromatic rings. The lowest BCUT2D eigenvalue weighted by Crippen LogP contribution is -2.33. The van der Waals surface area contributed by atoms with Gasteiger partial charge in [0.1, 0.15) is 0 Å². The Bertz CT molecular complexity index is 684. The van der Waals surface area contributed by atoms with Crippen molar-refractivity contribution in [2.45, 2.75) is 6.42 Å². The third-order valence-corrected chi connectivity index (χ3v) is 6.05. The fourth-order valence-corrected chi connectivity index (χ4v) is 3.51. The second kappa shape index (κ2) is 7.25. The lowest BCUT2D eigenvalue weighted by atomic mass is 10.4. The Labute approximate surface area is 131 Å². The van der Waals surface area contributed by atoms with Gasteiger partial charge in [-0.25, -0.2) is 26.1 Å². The van der Waals surface area contributed by atoms with Crippen LogP contribution in [0.3, 0.4) is 0 Å². The number of rotatable bonds is 8. The van der Waals surface area contributed by atoms with E-state index in [4.69, 9.17) is 4.74 Å². The molecule has 0 N–H and O–H groups in total. The van der Waals surface area contributed by atoms with Crippen LogP contribution in [0.2, 0.25) is 0 Å². The summed E-state index contributed by atoms with van der Waals surface area (Å²) in [4.78, 5) is 3.96. The van der Waals surface area contributed by atoms with E-state index < -0.39 is 20.0 Å². The maximum absolute atomic E-state index is 11.9.